The Hall–Kier alpha value is -1.32. The lowest BCUT2D eigenvalue weighted by atomic mass is 10.1. The minimum Gasteiger partial charge on any atom is -0.393 e. The Balaban J connectivity index is 0.00000280. The molecule has 0 radical (unpaired) electrons. The number of hydrogen-bond donors (Lipinski definition) is 4. The van der Waals surface area contributed by atoms with Crippen LogP contribution in [0.5, 0.6) is 0 Å². The molecule has 3 rings (SSSR count). The van der Waals surface area contributed by atoms with Gasteiger partial charge in [-0.3, -0.25) is 4.99 Å². The fraction of sp³-hybridized carbons (Fsp3) is 0.571. The SMILES string of the molecule is CCNC(=NCCCN1CCC(O)CC1)NCCc1c[nH]c2ccccc12.I. The maximum absolute atomic E-state index is 9.57. The molecule has 2 heterocycles. The number of aromatic amines is 1. The Labute approximate surface area is 185 Å². The third-order valence-electron chi connectivity index (χ3n) is 5.17. The molecule has 0 amide bonds. The van der Waals surface area contributed by atoms with E-state index in [1.807, 2.05) is 0 Å². The summed E-state index contributed by atoms with van der Waals surface area (Å²) in [5.41, 5.74) is 2.53. The van der Waals surface area contributed by atoms with Crippen molar-refractivity contribution in [2.75, 3.05) is 39.3 Å². The summed E-state index contributed by atoms with van der Waals surface area (Å²) < 4.78 is 0. The van der Waals surface area contributed by atoms with Crippen molar-refractivity contribution in [2.45, 2.75) is 38.7 Å². The summed E-state index contributed by atoms with van der Waals surface area (Å²) >= 11 is 0. The van der Waals surface area contributed by atoms with Crippen molar-refractivity contribution < 1.29 is 5.11 Å². The normalized spacial score (nSPS) is 16.1. The molecule has 4 N–H and O–H groups in total. The van der Waals surface area contributed by atoms with Gasteiger partial charge in [0.25, 0.3) is 0 Å². The fourth-order valence-electron chi connectivity index (χ4n) is 3.62. The molecular weight excluding hydrogens is 465 g/mol. The Morgan fingerprint density at radius 2 is 2.04 bits per heavy atom. The minimum absolute atomic E-state index is 0. The van der Waals surface area contributed by atoms with E-state index < -0.39 is 0 Å². The number of aliphatic imine (C=N–C) groups is 1. The van der Waals surface area contributed by atoms with Crippen LogP contribution in [-0.2, 0) is 6.42 Å². The van der Waals surface area contributed by atoms with Crippen LogP contribution >= 0.6 is 24.0 Å². The van der Waals surface area contributed by atoms with Crippen LogP contribution in [-0.4, -0.2) is 66.3 Å². The van der Waals surface area contributed by atoms with Crippen LogP contribution < -0.4 is 10.6 Å². The molecule has 0 saturated carbocycles. The molecule has 1 aliphatic rings. The van der Waals surface area contributed by atoms with Crippen LogP contribution in [0.15, 0.2) is 35.5 Å². The molecule has 1 aromatic heterocycles. The zero-order valence-electron chi connectivity index (χ0n) is 16.8. The topological polar surface area (TPSA) is 75.7 Å². The summed E-state index contributed by atoms with van der Waals surface area (Å²) in [6.07, 6.45) is 5.83. The van der Waals surface area contributed by atoms with E-state index in [2.05, 4.69) is 57.9 Å². The van der Waals surface area contributed by atoms with Gasteiger partial charge in [-0.25, -0.2) is 0 Å². The van der Waals surface area contributed by atoms with Gasteiger partial charge in [0.1, 0.15) is 0 Å². The van der Waals surface area contributed by atoms with E-state index in [1.165, 1.54) is 16.5 Å². The maximum atomic E-state index is 9.57. The second-order valence-corrected chi connectivity index (χ2v) is 7.22. The maximum Gasteiger partial charge on any atom is 0.191 e. The lowest BCUT2D eigenvalue weighted by Gasteiger charge is -2.29. The molecule has 28 heavy (non-hydrogen) atoms. The number of aliphatic hydroxyl groups excluding tert-OH is 1. The molecule has 0 atom stereocenters. The Morgan fingerprint density at radius 3 is 2.82 bits per heavy atom. The van der Waals surface area contributed by atoms with Gasteiger partial charge in [-0.15, -0.1) is 24.0 Å². The number of nitrogens with one attached hydrogen (secondary N) is 3. The molecule has 1 saturated heterocycles. The van der Waals surface area contributed by atoms with E-state index in [-0.39, 0.29) is 30.1 Å². The quantitative estimate of drug-likeness (QED) is 0.195. The van der Waals surface area contributed by atoms with Crippen LogP contribution in [0.25, 0.3) is 10.9 Å². The number of para-hydroxylation sites is 1. The van der Waals surface area contributed by atoms with Gasteiger partial charge < -0.3 is 25.6 Å². The second-order valence-electron chi connectivity index (χ2n) is 7.22. The number of piperidine rings is 1. The van der Waals surface area contributed by atoms with Crippen molar-refractivity contribution in [1.29, 1.82) is 0 Å². The first kappa shape index (κ1) is 23.0. The molecule has 0 bridgehead atoms. The number of H-pyrrole nitrogens is 1. The highest BCUT2D eigenvalue weighted by atomic mass is 127. The van der Waals surface area contributed by atoms with Gasteiger partial charge in [-0.2, -0.15) is 0 Å². The van der Waals surface area contributed by atoms with E-state index in [0.717, 1.165) is 70.9 Å². The number of rotatable bonds is 8. The minimum atomic E-state index is -0.0963. The summed E-state index contributed by atoms with van der Waals surface area (Å²) in [6.45, 7) is 7.71. The molecule has 2 aromatic rings. The first-order chi connectivity index (χ1) is 13.3. The lowest BCUT2D eigenvalue weighted by Crippen LogP contribution is -2.39. The first-order valence-electron chi connectivity index (χ1n) is 10.2. The standard InChI is InChI=1S/C21H33N5O.HI/c1-2-22-21(23-11-5-13-26-14-9-18(27)10-15-26)24-12-8-17-16-25-20-7-4-3-6-19(17)20;/h3-4,6-7,16,18,25,27H,2,5,8-15H2,1H3,(H2,22,23,24);1H. The molecule has 0 unspecified atom stereocenters. The molecule has 0 spiro atoms. The number of likely N-dealkylation sites (tertiary alicyclic amines) is 1. The first-order valence-corrected chi connectivity index (χ1v) is 10.2. The predicted octanol–water partition coefficient (Wildman–Crippen LogP) is 2.73. The molecular formula is C21H34IN5O. The van der Waals surface area contributed by atoms with Crippen molar-refractivity contribution in [3.05, 3.63) is 36.0 Å². The van der Waals surface area contributed by atoms with Gasteiger partial charge in [0.15, 0.2) is 5.96 Å². The van der Waals surface area contributed by atoms with Crippen LogP contribution in [0.3, 0.4) is 0 Å². The molecule has 1 fully saturated rings. The molecule has 7 heteroatoms. The summed E-state index contributed by atoms with van der Waals surface area (Å²) in [5, 5.41) is 17.6. The number of fused-ring (bicyclic) bond motifs is 1. The van der Waals surface area contributed by atoms with E-state index in [9.17, 15) is 5.11 Å². The summed E-state index contributed by atoms with van der Waals surface area (Å²) in [5.74, 6) is 0.895. The third kappa shape index (κ3) is 6.93. The smallest absolute Gasteiger partial charge is 0.191 e. The van der Waals surface area contributed by atoms with Gasteiger partial charge in [-0.05, 0) is 50.8 Å². The van der Waals surface area contributed by atoms with Crippen molar-refractivity contribution in [3.63, 3.8) is 0 Å². The van der Waals surface area contributed by atoms with Gasteiger partial charge >= 0.3 is 0 Å². The third-order valence-corrected chi connectivity index (χ3v) is 5.17. The molecule has 1 aliphatic heterocycles. The number of guanidine groups is 1. The average molecular weight is 499 g/mol. The molecule has 6 nitrogen and oxygen atoms in total. The van der Waals surface area contributed by atoms with Crippen LogP contribution in [0.2, 0.25) is 0 Å². The highest BCUT2D eigenvalue weighted by Crippen LogP contribution is 2.17. The van der Waals surface area contributed by atoms with Crippen molar-refractivity contribution in [3.8, 4) is 0 Å². The summed E-state index contributed by atoms with van der Waals surface area (Å²) in [6, 6.07) is 8.42. The molecule has 0 aliphatic carbocycles. The lowest BCUT2D eigenvalue weighted by molar-refractivity contribution is 0.0824. The zero-order chi connectivity index (χ0) is 18.9. The number of hydrogen-bond acceptors (Lipinski definition) is 3. The average Bonchev–Trinajstić information content (AvgIpc) is 3.10. The van der Waals surface area contributed by atoms with Crippen molar-refractivity contribution in [2.24, 2.45) is 4.99 Å². The van der Waals surface area contributed by atoms with Crippen molar-refractivity contribution >= 4 is 40.8 Å². The summed E-state index contributed by atoms with van der Waals surface area (Å²) in [4.78, 5) is 10.5. The van der Waals surface area contributed by atoms with Gasteiger partial charge in [0.05, 0.1) is 6.10 Å². The van der Waals surface area contributed by atoms with E-state index in [4.69, 9.17) is 4.99 Å². The van der Waals surface area contributed by atoms with E-state index in [0.29, 0.717) is 0 Å². The van der Waals surface area contributed by atoms with Gasteiger partial charge in [0.2, 0.25) is 0 Å². The van der Waals surface area contributed by atoms with Crippen LogP contribution in [0, 0.1) is 0 Å². The predicted molar refractivity (Wildman–Crippen MR) is 128 cm³/mol. The Kier molecular flexibility index (Phi) is 10.1. The largest absolute Gasteiger partial charge is 0.393 e. The Morgan fingerprint density at radius 1 is 1.25 bits per heavy atom. The monoisotopic (exact) mass is 499 g/mol. The van der Waals surface area contributed by atoms with Crippen LogP contribution in [0.1, 0.15) is 31.7 Å². The highest BCUT2D eigenvalue weighted by Gasteiger charge is 2.15. The molecule has 156 valence electrons. The summed E-state index contributed by atoms with van der Waals surface area (Å²) in [7, 11) is 0. The highest BCUT2D eigenvalue weighted by molar-refractivity contribution is 14.0. The second kappa shape index (κ2) is 12.3. The molecule has 1 aromatic carbocycles. The number of halogens is 1. The number of aliphatic hydroxyl groups is 1. The van der Waals surface area contributed by atoms with E-state index >= 15 is 0 Å². The van der Waals surface area contributed by atoms with Crippen LogP contribution in [0.4, 0.5) is 0 Å². The van der Waals surface area contributed by atoms with Gasteiger partial charge in [0, 0.05) is 49.8 Å². The number of nitrogens with zero attached hydrogens (tertiary/aromatic N) is 2. The Bertz CT molecular complexity index is 724. The number of aromatic nitrogens is 1. The zero-order valence-corrected chi connectivity index (χ0v) is 19.1. The van der Waals surface area contributed by atoms with Gasteiger partial charge in [-0.1, -0.05) is 18.2 Å². The van der Waals surface area contributed by atoms with Crippen molar-refractivity contribution in [1.82, 2.24) is 20.5 Å². The number of benzene rings is 1. The fourth-order valence-corrected chi connectivity index (χ4v) is 3.62. The van der Waals surface area contributed by atoms with E-state index in [1.54, 1.807) is 0 Å².